The van der Waals surface area contributed by atoms with E-state index in [-0.39, 0.29) is 5.91 Å². The van der Waals surface area contributed by atoms with Gasteiger partial charge in [-0.05, 0) is 36.8 Å². The van der Waals surface area contributed by atoms with Crippen molar-refractivity contribution in [2.45, 2.75) is 6.92 Å². The van der Waals surface area contributed by atoms with Crippen LogP contribution < -0.4 is 10.2 Å². The summed E-state index contributed by atoms with van der Waals surface area (Å²) in [6.45, 7) is 1.94. The minimum atomic E-state index is -0.229. The number of benzene rings is 2. The number of rotatable bonds is 4. The minimum Gasteiger partial charge on any atom is -0.497 e. The van der Waals surface area contributed by atoms with Crippen LogP contribution in [0.15, 0.2) is 53.6 Å². The fraction of sp³-hybridized carbons (Fsp3) is 0.125. The number of nitrogens with zero attached hydrogens (tertiary/aromatic N) is 1. The van der Waals surface area contributed by atoms with E-state index in [0.717, 1.165) is 16.9 Å². The van der Waals surface area contributed by atoms with Gasteiger partial charge in [0.1, 0.15) is 5.75 Å². The molecule has 0 saturated carbocycles. The van der Waals surface area contributed by atoms with E-state index in [1.807, 2.05) is 49.4 Å². The lowest BCUT2D eigenvalue weighted by molar-refractivity contribution is 0.0955. The molecule has 0 aliphatic carbocycles. The SMILES string of the molecule is COc1cccc(C=NNC(=O)c2cccc(C)c2)c1. The number of carbonyl (C=O) groups excluding carboxylic acids is 1. The zero-order chi connectivity index (χ0) is 14.4. The molecule has 0 unspecified atom stereocenters. The molecule has 4 heteroatoms. The van der Waals surface area contributed by atoms with Crippen molar-refractivity contribution in [2.24, 2.45) is 5.10 Å². The van der Waals surface area contributed by atoms with Gasteiger partial charge in [-0.2, -0.15) is 5.10 Å². The van der Waals surface area contributed by atoms with E-state index in [1.54, 1.807) is 19.4 Å². The molecule has 2 aromatic carbocycles. The third-order valence-corrected chi connectivity index (χ3v) is 2.75. The number of aryl methyl sites for hydroxylation is 1. The maximum Gasteiger partial charge on any atom is 0.271 e. The lowest BCUT2D eigenvalue weighted by Crippen LogP contribution is -2.17. The molecule has 0 spiro atoms. The Morgan fingerprint density at radius 1 is 1.20 bits per heavy atom. The van der Waals surface area contributed by atoms with Crippen molar-refractivity contribution in [3.05, 3.63) is 65.2 Å². The smallest absolute Gasteiger partial charge is 0.271 e. The maximum atomic E-state index is 11.9. The van der Waals surface area contributed by atoms with Crippen LogP contribution in [0.1, 0.15) is 21.5 Å². The molecule has 20 heavy (non-hydrogen) atoms. The summed E-state index contributed by atoms with van der Waals surface area (Å²) in [5, 5.41) is 3.94. The normalized spacial score (nSPS) is 10.5. The summed E-state index contributed by atoms with van der Waals surface area (Å²) in [6, 6.07) is 14.8. The van der Waals surface area contributed by atoms with Gasteiger partial charge in [0.05, 0.1) is 13.3 Å². The highest BCUT2D eigenvalue weighted by Gasteiger charge is 2.03. The quantitative estimate of drug-likeness (QED) is 0.684. The number of nitrogens with one attached hydrogen (secondary N) is 1. The van der Waals surface area contributed by atoms with Crippen LogP contribution in [0.25, 0.3) is 0 Å². The van der Waals surface area contributed by atoms with Gasteiger partial charge in [-0.3, -0.25) is 4.79 Å². The van der Waals surface area contributed by atoms with E-state index in [2.05, 4.69) is 10.5 Å². The predicted octanol–water partition coefficient (Wildman–Crippen LogP) is 2.77. The van der Waals surface area contributed by atoms with Crippen LogP contribution in [-0.2, 0) is 0 Å². The fourth-order valence-corrected chi connectivity index (χ4v) is 1.74. The van der Waals surface area contributed by atoms with Crippen molar-refractivity contribution in [3.63, 3.8) is 0 Å². The summed E-state index contributed by atoms with van der Waals surface area (Å²) in [6.07, 6.45) is 1.58. The minimum absolute atomic E-state index is 0.229. The molecule has 0 aliphatic rings. The number of hydrogen-bond donors (Lipinski definition) is 1. The molecule has 0 radical (unpaired) electrons. The predicted molar refractivity (Wildman–Crippen MR) is 79.2 cm³/mol. The molecule has 1 N–H and O–H groups in total. The number of amides is 1. The van der Waals surface area contributed by atoms with Gasteiger partial charge in [-0.25, -0.2) is 5.43 Å². The molecule has 0 heterocycles. The molecule has 0 aromatic heterocycles. The molecule has 0 aliphatic heterocycles. The average molecular weight is 268 g/mol. The van der Waals surface area contributed by atoms with Crippen molar-refractivity contribution in [2.75, 3.05) is 7.11 Å². The van der Waals surface area contributed by atoms with E-state index in [4.69, 9.17) is 4.74 Å². The molecule has 102 valence electrons. The van der Waals surface area contributed by atoms with Gasteiger partial charge in [-0.15, -0.1) is 0 Å². The summed E-state index contributed by atoms with van der Waals surface area (Å²) >= 11 is 0. The second kappa shape index (κ2) is 6.52. The van der Waals surface area contributed by atoms with Crippen molar-refractivity contribution >= 4 is 12.1 Å². The van der Waals surface area contributed by atoms with Crippen LogP contribution in [0.3, 0.4) is 0 Å². The van der Waals surface area contributed by atoms with Crippen molar-refractivity contribution in [1.82, 2.24) is 5.43 Å². The van der Waals surface area contributed by atoms with Crippen LogP contribution in [0.2, 0.25) is 0 Å². The molecule has 4 nitrogen and oxygen atoms in total. The third kappa shape index (κ3) is 3.68. The number of hydrogen-bond acceptors (Lipinski definition) is 3. The van der Waals surface area contributed by atoms with E-state index in [9.17, 15) is 4.79 Å². The van der Waals surface area contributed by atoms with E-state index in [0.29, 0.717) is 5.56 Å². The summed E-state index contributed by atoms with van der Waals surface area (Å²) in [5.74, 6) is 0.520. The highest BCUT2D eigenvalue weighted by molar-refractivity contribution is 5.95. The number of carbonyl (C=O) groups is 1. The van der Waals surface area contributed by atoms with E-state index in [1.165, 1.54) is 0 Å². The van der Waals surface area contributed by atoms with Crippen LogP contribution in [0.5, 0.6) is 5.75 Å². The Kier molecular flexibility index (Phi) is 4.50. The summed E-state index contributed by atoms with van der Waals surface area (Å²) in [5.41, 5.74) is 4.98. The van der Waals surface area contributed by atoms with Crippen LogP contribution >= 0.6 is 0 Å². The van der Waals surface area contributed by atoms with Crippen molar-refractivity contribution < 1.29 is 9.53 Å². The molecule has 2 aromatic rings. The first-order valence-corrected chi connectivity index (χ1v) is 6.23. The molecular formula is C16H16N2O2. The van der Waals surface area contributed by atoms with Crippen LogP contribution in [-0.4, -0.2) is 19.2 Å². The standard InChI is InChI=1S/C16H16N2O2/c1-12-5-3-7-14(9-12)16(19)18-17-11-13-6-4-8-15(10-13)20-2/h3-11H,1-2H3,(H,18,19). The van der Waals surface area contributed by atoms with Crippen LogP contribution in [0, 0.1) is 6.92 Å². The van der Waals surface area contributed by atoms with Gasteiger partial charge < -0.3 is 4.74 Å². The lowest BCUT2D eigenvalue weighted by Gasteiger charge is -2.01. The average Bonchev–Trinajstić information content (AvgIpc) is 2.47. The van der Waals surface area contributed by atoms with Crippen LogP contribution in [0.4, 0.5) is 0 Å². The summed E-state index contributed by atoms with van der Waals surface area (Å²) in [7, 11) is 1.61. The highest BCUT2D eigenvalue weighted by Crippen LogP contribution is 2.10. The molecular weight excluding hydrogens is 252 g/mol. The zero-order valence-corrected chi connectivity index (χ0v) is 11.5. The summed E-state index contributed by atoms with van der Waals surface area (Å²) < 4.78 is 5.12. The maximum absolute atomic E-state index is 11.9. The number of hydrazone groups is 1. The Hall–Kier alpha value is -2.62. The molecule has 1 amide bonds. The number of ether oxygens (including phenoxy) is 1. The molecule has 0 saturated heterocycles. The van der Waals surface area contributed by atoms with Gasteiger partial charge >= 0.3 is 0 Å². The van der Waals surface area contributed by atoms with Crippen molar-refractivity contribution in [1.29, 1.82) is 0 Å². The van der Waals surface area contributed by atoms with Gasteiger partial charge in [0.25, 0.3) is 5.91 Å². The third-order valence-electron chi connectivity index (χ3n) is 2.75. The first-order valence-electron chi connectivity index (χ1n) is 6.23. The monoisotopic (exact) mass is 268 g/mol. The zero-order valence-electron chi connectivity index (χ0n) is 11.5. The second-order valence-corrected chi connectivity index (χ2v) is 4.35. The molecule has 0 atom stereocenters. The molecule has 2 rings (SSSR count). The topological polar surface area (TPSA) is 50.7 Å². The van der Waals surface area contributed by atoms with Gasteiger partial charge in [0.15, 0.2) is 0 Å². The summed E-state index contributed by atoms with van der Waals surface area (Å²) in [4.78, 5) is 11.9. The Bertz CT molecular complexity index is 636. The van der Waals surface area contributed by atoms with Crippen molar-refractivity contribution in [3.8, 4) is 5.75 Å². The van der Waals surface area contributed by atoms with E-state index < -0.39 is 0 Å². The van der Waals surface area contributed by atoms with Gasteiger partial charge in [0.2, 0.25) is 0 Å². The largest absolute Gasteiger partial charge is 0.497 e. The first kappa shape index (κ1) is 13.8. The molecule has 0 bridgehead atoms. The molecule has 0 fully saturated rings. The fourth-order valence-electron chi connectivity index (χ4n) is 1.74. The Morgan fingerprint density at radius 3 is 2.75 bits per heavy atom. The number of methoxy groups -OCH3 is 1. The Labute approximate surface area is 118 Å². The highest BCUT2D eigenvalue weighted by atomic mass is 16.5. The first-order chi connectivity index (χ1) is 9.69. The Morgan fingerprint density at radius 2 is 2.00 bits per heavy atom. The Balaban J connectivity index is 2.00. The van der Waals surface area contributed by atoms with Gasteiger partial charge in [-0.1, -0.05) is 29.8 Å². The lowest BCUT2D eigenvalue weighted by atomic mass is 10.1. The second-order valence-electron chi connectivity index (χ2n) is 4.35. The van der Waals surface area contributed by atoms with Gasteiger partial charge in [0, 0.05) is 5.56 Å². The van der Waals surface area contributed by atoms with E-state index >= 15 is 0 Å².